The molecule has 0 aliphatic heterocycles. The van der Waals surface area contributed by atoms with Crippen molar-refractivity contribution in [1.29, 1.82) is 0 Å². The van der Waals surface area contributed by atoms with Crippen LogP contribution < -0.4 is 0 Å². The van der Waals surface area contributed by atoms with Crippen molar-refractivity contribution in [1.82, 2.24) is 0 Å². The number of ether oxygens (including phenoxy) is 2. The van der Waals surface area contributed by atoms with Gasteiger partial charge in [-0.3, -0.25) is 28.8 Å². The molecule has 0 bridgehead atoms. The van der Waals surface area contributed by atoms with Gasteiger partial charge in [0.15, 0.2) is 10.8 Å². The lowest BCUT2D eigenvalue weighted by Crippen LogP contribution is -2.57. The van der Waals surface area contributed by atoms with Crippen LogP contribution in [0.5, 0.6) is 0 Å². The lowest BCUT2D eigenvalue weighted by molar-refractivity contribution is -0.233. The summed E-state index contributed by atoms with van der Waals surface area (Å²) in [6, 6.07) is 0. The molecule has 0 spiro atoms. The molecule has 0 aromatic carbocycles. The number of carboxylic acid groups (broad SMARTS) is 2. The maximum absolute atomic E-state index is 12.7. The zero-order chi connectivity index (χ0) is 23.2. The molecule has 0 aliphatic carbocycles. The minimum absolute atomic E-state index is 0.222. The van der Waals surface area contributed by atoms with E-state index in [1.54, 1.807) is 0 Å². The second-order valence-electron chi connectivity index (χ2n) is 6.70. The van der Waals surface area contributed by atoms with E-state index in [9.17, 15) is 39.0 Å². The predicted octanol–water partition coefficient (Wildman–Crippen LogP) is 1.73. The third kappa shape index (κ3) is 4.46. The van der Waals surface area contributed by atoms with Crippen LogP contribution in [0.25, 0.3) is 0 Å². The molecule has 0 rings (SSSR count). The number of rotatable bonds is 12. The quantitative estimate of drug-likeness (QED) is 0.272. The van der Waals surface area contributed by atoms with Crippen LogP contribution in [0.2, 0.25) is 0 Å². The highest BCUT2D eigenvalue weighted by Crippen LogP contribution is 2.35. The van der Waals surface area contributed by atoms with Gasteiger partial charge in [-0.25, -0.2) is 0 Å². The molecule has 0 atom stereocenters. The minimum atomic E-state index is -3.08. The number of carboxylic acids is 2. The van der Waals surface area contributed by atoms with Crippen molar-refractivity contribution >= 4 is 35.4 Å². The third-order valence-corrected chi connectivity index (χ3v) is 5.41. The van der Waals surface area contributed by atoms with E-state index in [0.717, 1.165) is 13.8 Å². The molecule has 0 saturated carbocycles. The molecule has 0 fully saturated rings. The first-order valence-electron chi connectivity index (χ1n) is 9.23. The van der Waals surface area contributed by atoms with Crippen LogP contribution in [0.4, 0.5) is 0 Å². The molecule has 0 unspecified atom stereocenters. The minimum Gasteiger partial charge on any atom is -0.480 e. The second kappa shape index (κ2) is 9.62. The van der Waals surface area contributed by atoms with E-state index in [4.69, 9.17) is 9.47 Å². The summed E-state index contributed by atoms with van der Waals surface area (Å²) in [5.41, 5.74) is -4.16. The summed E-state index contributed by atoms with van der Waals surface area (Å²) >= 11 is 0. The zero-order valence-corrected chi connectivity index (χ0v) is 17.5. The smallest absolute Gasteiger partial charge is 0.377 e. The van der Waals surface area contributed by atoms with Crippen LogP contribution >= 0.6 is 0 Å². The van der Waals surface area contributed by atoms with Gasteiger partial charge in [-0.05, 0) is 25.7 Å². The second-order valence-corrected chi connectivity index (χ2v) is 6.70. The third-order valence-electron chi connectivity index (χ3n) is 5.41. The number of hydrogen-bond acceptors (Lipinski definition) is 8. The normalized spacial score (nSPS) is 12.1. The standard InChI is InChI=1S/C19H28O10/c1-7-17(8-2,13(22)23)15(26)28-19(11(5)20,12(6)21)29-16(27)18(9-3,10-4)14(24)25/h7-10H2,1-6H3,(H,22,23)(H,24,25). The molecule has 0 aromatic rings. The lowest BCUT2D eigenvalue weighted by atomic mass is 9.82. The maximum atomic E-state index is 12.7. The summed E-state index contributed by atoms with van der Waals surface area (Å²) in [4.78, 5) is 73.2. The van der Waals surface area contributed by atoms with Crippen LogP contribution in [-0.2, 0) is 38.2 Å². The van der Waals surface area contributed by atoms with Crippen molar-refractivity contribution in [3.63, 3.8) is 0 Å². The Balaban J connectivity index is 6.41. The van der Waals surface area contributed by atoms with Gasteiger partial charge in [-0.1, -0.05) is 27.7 Å². The molecule has 0 aromatic heterocycles. The number of aliphatic carboxylic acids is 2. The molecular formula is C19H28O10. The van der Waals surface area contributed by atoms with E-state index < -0.39 is 52.1 Å². The summed E-state index contributed by atoms with van der Waals surface area (Å²) in [6.45, 7) is 7.22. The lowest BCUT2D eigenvalue weighted by Gasteiger charge is -2.35. The molecule has 0 heterocycles. The topological polar surface area (TPSA) is 161 Å². The van der Waals surface area contributed by atoms with Gasteiger partial charge in [0.1, 0.15) is 0 Å². The number of ketones is 2. The summed E-state index contributed by atoms with van der Waals surface area (Å²) in [5.74, 6) is -11.5. The fraction of sp³-hybridized carbons (Fsp3) is 0.684. The molecule has 0 saturated heterocycles. The van der Waals surface area contributed by atoms with E-state index in [0.29, 0.717) is 0 Å². The molecule has 164 valence electrons. The average molecular weight is 416 g/mol. The highest BCUT2D eigenvalue weighted by atomic mass is 16.7. The summed E-state index contributed by atoms with van der Waals surface area (Å²) < 4.78 is 9.90. The van der Waals surface area contributed by atoms with E-state index in [1.807, 2.05) is 0 Å². The Hall–Kier alpha value is -2.78. The van der Waals surface area contributed by atoms with Gasteiger partial charge in [0.05, 0.1) is 0 Å². The van der Waals surface area contributed by atoms with Crippen LogP contribution in [0, 0.1) is 10.8 Å². The van der Waals surface area contributed by atoms with Crippen molar-refractivity contribution in [2.75, 3.05) is 0 Å². The SMILES string of the molecule is CCC(CC)(C(=O)O)C(=O)OC(OC(=O)C(CC)(CC)C(=O)O)(C(C)=O)C(C)=O. The van der Waals surface area contributed by atoms with Gasteiger partial charge in [-0.15, -0.1) is 0 Å². The largest absolute Gasteiger partial charge is 0.480 e. The molecule has 0 amide bonds. The van der Waals surface area contributed by atoms with Gasteiger partial charge < -0.3 is 19.7 Å². The predicted molar refractivity (Wildman–Crippen MR) is 97.6 cm³/mol. The van der Waals surface area contributed by atoms with E-state index in [-0.39, 0.29) is 25.7 Å². The Bertz CT molecular complexity index is 638. The monoisotopic (exact) mass is 416 g/mol. The molecule has 10 nitrogen and oxygen atoms in total. The fourth-order valence-corrected chi connectivity index (χ4v) is 2.87. The first-order valence-corrected chi connectivity index (χ1v) is 9.23. The van der Waals surface area contributed by atoms with Crippen LogP contribution in [0.15, 0.2) is 0 Å². The van der Waals surface area contributed by atoms with Gasteiger partial charge in [0, 0.05) is 13.8 Å². The summed E-state index contributed by atoms with van der Waals surface area (Å²) in [6.07, 6.45) is -0.887. The Morgan fingerprint density at radius 2 is 0.862 bits per heavy atom. The molecule has 2 N–H and O–H groups in total. The average Bonchev–Trinajstić information content (AvgIpc) is 2.63. The van der Waals surface area contributed by atoms with Crippen molar-refractivity contribution in [2.45, 2.75) is 73.0 Å². The Kier molecular flexibility index (Phi) is 8.70. The maximum Gasteiger partial charge on any atom is 0.377 e. The van der Waals surface area contributed by atoms with Crippen molar-refractivity contribution in [2.24, 2.45) is 10.8 Å². The van der Waals surface area contributed by atoms with Crippen LogP contribution in [0.3, 0.4) is 0 Å². The number of Topliss-reactive ketones (excluding diaryl/α,β-unsaturated/α-hetero) is 2. The molecule has 10 heteroatoms. The number of hydrogen-bond donors (Lipinski definition) is 2. The molecule has 0 aliphatic rings. The van der Waals surface area contributed by atoms with Crippen LogP contribution in [0.1, 0.15) is 67.2 Å². The number of esters is 2. The van der Waals surface area contributed by atoms with Crippen molar-refractivity contribution in [3.05, 3.63) is 0 Å². The van der Waals surface area contributed by atoms with E-state index in [1.165, 1.54) is 27.7 Å². The summed E-state index contributed by atoms with van der Waals surface area (Å²) in [7, 11) is 0. The molecular weight excluding hydrogens is 388 g/mol. The van der Waals surface area contributed by atoms with Gasteiger partial charge in [-0.2, -0.15) is 0 Å². The first-order chi connectivity index (χ1) is 13.3. The summed E-state index contributed by atoms with van der Waals surface area (Å²) in [5, 5.41) is 18.9. The van der Waals surface area contributed by atoms with Gasteiger partial charge in [0.2, 0.25) is 11.6 Å². The van der Waals surface area contributed by atoms with Gasteiger partial charge >= 0.3 is 29.7 Å². The zero-order valence-electron chi connectivity index (χ0n) is 17.5. The van der Waals surface area contributed by atoms with E-state index in [2.05, 4.69) is 0 Å². The Labute approximate surface area is 168 Å². The van der Waals surface area contributed by atoms with Crippen molar-refractivity contribution < 1.29 is 48.5 Å². The van der Waals surface area contributed by atoms with Crippen LogP contribution in [-0.4, -0.2) is 51.4 Å². The van der Waals surface area contributed by atoms with Crippen molar-refractivity contribution in [3.8, 4) is 0 Å². The first kappa shape index (κ1) is 26.2. The Morgan fingerprint density at radius 3 is 1.00 bits per heavy atom. The fourth-order valence-electron chi connectivity index (χ4n) is 2.87. The molecule has 0 radical (unpaired) electrons. The highest BCUT2D eigenvalue weighted by molar-refractivity contribution is 6.12. The highest BCUT2D eigenvalue weighted by Gasteiger charge is 2.57. The number of carbonyl (C=O) groups excluding carboxylic acids is 4. The van der Waals surface area contributed by atoms with Gasteiger partial charge in [0.25, 0.3) is 0 Å². The van der Waals surface area contributed by atoms with E-state index >= 15 is 0 Å². The molecule has 29 heavy (non-hydrogen) atoms. The number of carbonyl (C=O) groups is 6. The Morgan fingerprint density at radius 1 is 0.621 bits per heavy atom.